The van der Waals surface area contributed by atoms with E-state index in [1.807, 2.05) is 0 Å². The zero-order valence-electron chi connectivity index (χ0n) is 21.1. The van der Waals surface area contributed by atoms with Gasteiger partial charge in [0.25, 0.3) is 11.6 Å². The number of non-ortho nitro benzene ring substituents is 1. The van der Waals surface area contributed by atoms with Gasteiger partial charge in [-0.2, -0.15) is 0 Å². The fourth-order valence-electron chi connectivity index (χ4n) is 7.07. The van der Waals surface area contributed by atoms with E-state index in [-0.39, 0.29) is 21.9 Å². The molecule has 11 heteroatoms. The fraction of sp³-hybridized carbons (Fsp3) is 0.393. The van der Waals surface area contributed by atoms with Crippen molar-refractivity contribution in [1.29, 1.82) is 0 Å². The van der Waals surface area contributed by atoms with Gasteiger partial charge >= 0.3 is 5.97 Å². The molecular formula is C28H25BrN2O6S2. The Balaban J connectivity index is 1.25. The lowest BCUT2D eigenvalue weighted by Gasteiger charge is -2.55. The molecule has 2 aromatic carbocycles. The number of nitro benzene ring substituents is 1. The van der Waals surface area contributed by atoms with Gasteiger partial charge in [0.05, 0.1) is 32.5 Å². The van der Waals surface area contributed by atoms with E-state index in [0.717, 1.165) is 31.0 Å². The summed E-state index contributed by atoms with van der Waals surface area (Å²) in [5.41, 5.74) is 0.449. The third-order valence-corrected chi connectivity index (χ3v) is 10.2. The van der Waals surface area contributed by atoms with Gasteiger partial charge in [0, 0.05) is 12.1 Å². The summed E-state index contributed by atoms with van der Waals surface area (Å²) in [5.74, 6) is 2.03. The zero-order valence-corrected chi connectivity index (χ0v) is 24.3. The number of carbonyl (C=O) groups excluding carboxylic acids is 2. The molecule has 1 heterocycles. The van der Waals surface area contributed by atoms with Crippen LogP contribution in [0.25, 0.3) is 6.08 Å². The fourth-order valence-corrected chi connectivity index (χ4v) is 8.91. The van der Waals surface area contributed by atoms with E-state index in [2.05, 4.69) is 15.9 Å². The minimum absolute atomic E-state index is 0.127. The number of benzene rings is 2. The van der Waals surface area contributed by atoms with Crippen molar-refractivity contribution in [3.63, 3.8) is 0 Å². The second kappa shape index (κ2) is 10.0. The second-order valence-corrected chi connectivity index (χ2v) is 13.4. The molecule has 1 amide bonds. The molecule has 39 heavy (non-hydrogen) atoms. The molecule has 202 valence electrons. The molecule has 0 aromatic heterocycles. The topological polar surface area (TPSA) is 99.0 Å². The number of hydrogen-bond donors (Lipinski definition) is 0. The number of thioether (sulfide) groups is 1. The number of rotatable bonds is 6. The number of amides is 1. The molecule has 0 spiro atoms. The van der Waals surface area contributed by atoms with Crippen LogP contribution in [-0.4, -0.2) is 28.2 Å². The maximum absolute atomic E-state index is 13.5. The number of carbonyl (C=O) groups is 2. The highest BCUT2D eigenvalue weighted by molar-refractivity contribution is 9.10. The minimum Gasteiger partial charge on any atom is -0.493 e. The molecule has 5 fully saturated rings. The van der Waals surface area contributed by atoms with Gasteiger partial charge in [-0.05, 0) is 102 Å². The smallest absolute Gasteiger partial charge is 0.317 e. The predicted octanol–water partition coefficient (Wildman–Crippen LogP) is 6.89. The molecule has 4 saturated carbocycles. The standard InChI is InChI=1S/C28H25BrN2O6S2/c1-36-22-9-15(10-23-25(32)30(27(38)39-23)19-3-2-4-20(11-19)31(34)35)8-21(29)24(22)37-26(33)28-12-16-5-17(13-28)7-18(6-16)14-28/h2-4,8-11,16-18H,5-7,12-14H2,1H3/b23-10-. The summed E-state index contributed by atoms with van der Waals surface area (Å²) in [5, 5.41) is 11.2. The molecule has 0 radical (unpaired) electrons. The Morgan fingerprint density at radius 1 is 1.18 bits per heavy atom. The SMILES string of the molecule is COc1cc(/C=C2\SC(=S)N(c3cccc([N+](=O)[O-])c3)C2=O)cc(Br)c1OC(=O)C12CC3CC(CC(C3)C1)C2. The van der Waals surface area contributed by atoms with Gasteiger partial charge in [-0.15, -0.1) is 0 Å². The Labute approximate surface area is 243 Å². The van der Waals surface area contributed by atoms with Crippen LogP contribution >= 0.6 is 39.9 Å². The summed E-state index contributed by atoms with van der Waals surface area (Å²) in [6.45, 7) is 0. The number of nitro groups is 1. The van der Waals surface area contributed by atoms with Gasteiger partial charge in [0.1, 0.15) is 0 Å². The first-order valence-corrected chi connectivity index (χ1v) is 14.8. The maximum Gasteiger partial charge on any atom is 0.317 e. The zero-order chi connectivity index (χ0) is 27.5. The van der Waals surface area contributed by atoms with Gasteiger partial charge in [0.15, 0.2) is 15.8 Å². The van der Waals surface area contributed by atoms with Crippen molar-refractivity contribution in [3.8, 4) is 11.5 Å². The molecule has 8 nitrogen and oxygen atoms in total. The van der Waals surface area contributed by atoms with Crippen molar-refractivity contribution in [2.75, 3.05) is 12.0 Å². The highest BCUT2D eigenvalue weighted by Gasteiger charge is 2.55. The quantitative estimate of drug-likeness (QED) is 0.0851. The molecule has 1 saturated heterocycles. The Morgan fingerprint density at radius 2 is 1.85 bits per heavy atom. The van der Waals surface area contributed by atoms with Crippen LogP contribution in [0.5, 0.6) is 11.5 Å². The number of esters is 1. The van der Waals surface area contributed by atoms with Crippen LogP contribution in [-0.2, 0) is 9.59 Å². The Kier molecular flexibility index (Phi) is 6.79. The summed E-state index contributed by atoms with van der Waals surface area (Å²) in [4.78, 5) is 39.1. The maximum atomic E-state index is 13.5. The van der Waals surface area contributed by atoms with E-state index in [1.165, 1.54) is 49.5 Å². The molecule has 1 aliphatic heterocycles. The van der Waals surface area contributed by atoms with Gasteiger partial charge in [-0.1, -0.05) is 30.0 Å². The van der Waals surface area contributed by atoms with Crippen LogP contribution in [0.3, 0.4) is 0 Å². The molecule has 0 atom stereocenters. The van der Waals surface area contributed by atoms with Crippen LogP contribution < -0.4 is 14.4 Å². The van der Waals surface area contributed by atoms with Gasteiger partial charge < -0.3 is 9.47 Å². The molecule has 4 bridgehead atoms. The lowest BCUT2D eigenvalue weighted by atomic mass is 9.49. The molecule has 5 aliphatic rings. The molecule has 7 rings (SSSR count). The second-order valence-electron chi connectivity index (χ2n) is 10.9. The Hall–Kier alpha value is -2.76. The summed E-state index contributed by atoms with van der Waals surface area (Å²) in [7, 11) is 1.51. The van der Waals surface area contributed by atoms with Crippen molar-refractivity contribution >= 4 is 73.6 Å². The van der Waals surface area contributed by atoms with Crippen molar-refractivity contribution < 1.29 is 24.0 Å². The first kappa shape index (κ1) is 26.5. The number of nitrogens with zero attached hydrogens (tertiary/aromatic N) is 2. The number of halogens is 1. The number of hydrogen-bond acceptors (Lipinski definition) is 8. The van der Waals surface area contributed by atoms with E-state index >= 15 is 0 Å². The van der Waals surface area contributed by atoms with Crippen molar-refractivity contribution in [3.05, 3.63) is 61.5 Å². The van der Waals surface area contributed by atoms with Crippen LogP contribution in [0.15, 0.2) is 45.8 Å². The first-order chi connectivity index (χ1) is 18.7. The van der Waals surface area contributed by atoms with Gasteiger partial charge in [-0.25, -0.2) is 0 Å². The lowest BCUT2D eigenvalue weighted by molar-refractivity contribution is -0.384. The normalized spacial score (nSPS) is 28.3. The average molecular weight is 630 g/mol. The highest BCUT2D eigenvalue weighted by Crippen LogP contribution is 2.60. The summed E-state index contributed by atoms with van der Waals surface area (Å²) < 4.78 is 12.4. The number of ether oxygens (including phenoxy) is 2. The van der Waals surface area contributed by atoms with E-state index in [9.17, 15) is 19.7 Å². The number of anilines is 1. The van der Waals surface area contributed by atoms with Crippen LogP contribution in [0.1, 0.15) is 44.1 Å². The predicted molar refractivity (Wildman–Crippen MR) is 156 cm³/mol. The van der Waals surface area contributed by atoms with Crippen LogP contribution in [0.2, 0.25) is 0 Å². The molecule has 2 aromatic rings. The van der Waals surface area contributed by atoms with E-state index in [4.69, 9.17) is 21.7 Å². The van der Waals surface area contributed by atoms with Crippen LogP contribution in [0, 0.1) is 33.3 Å². The van der Waals surface area contributed by atoms with E-state index in [1.54, 1.807) is 24.3 Å². The summed E-state index contributed by atoms with van der Waals surface area (Å²) >= 11 is 10.1. The third kappa shape index (κ3) is 4.78. The van der Waals surface area contributed by atoms with Gasteiger partial charge in [-0.3, -0.25) is 24.6 Å². The summed E-state index contributed by atoms with van der Waals surface area (Å²) in [6, 6.07) is 9.28. The highest BCUT2D eigenvalue weighted by atomic mass is 79.9. The number of methoxy groups -OCH3 is 1. The van der Waals surface area contributed by atoms with E-state index < -0.39 is 10.3 Å². The summed E-state index contributed by atoms with van der Waals surface area (Å²) in [6.07, 6.45) is 8.10. The van der Waals surface area contributed by atoms with E-state index in [0.29, 0.717) is 49.9 Å². The molecular weight excluding hydrogens is 604 g/mol. The lowest BCUT2D eigenvalue weighted by Crippen LogP contribution is -2.51. The largest absolute Gasteiger partial charge is 0.493 e. The molecule has 4 aliphatic carbocycles. The average Bonchev–Trinajstić information content (AvgIpc) is 3.16. The van der Waals surface area contributed by atoms with Crippen molar-refractivity contribution in [2.45, 2.75) is 38.5 Å². The van der Waals surface area contributed by atoms with Crippen molar-refractivity contribution in [2.24, 2.45) is 23.2 Å². The third-order valence-electron chi connectivity index (χ3n) is 8.31. The molecule has 0 unspecified atom stereocenters. The minimum atomic E-state index is -0.516. The first-order valence-electron chi connectivity index (χ1n) is 12.8. The Morgan fingerprint density at radius 3 is 2.46 bits per heavy atom. The number of thiocarbonyl (C=S) groups is 1. The molecule has 0 N–H and O–H groups in total. The monoisotopic (exact) mass is 628 g/mol. The van der Waals surface area contributed by atoms with Crippen molar-refractivity contribution in [1.82, 2.24) is 0 Å². The van der Waals surface area contributed by atoms with Gasteiger partial charge in [0.2, 0.25) is 0 Å². The Bertz CT molecular complexity index is 1420. The van der Waals surface area contributed by atoms with Crippen LogP contribution in [0.4, 0.5) is 11.4 Å².